The van der Waals surface area contributed by atoms with E-state index in [1.807, 2.05) is 13.8 Å². The van der Waals surface area contributed by atoms with E-state index in [-0.39, 0.29) is 88.2 Å². The fourth-order valence-corrected chi connectivity index (χ4v) is 5.96. The summed E-state index contributed by atoms with van der Waals surface area (Å²) >= 11 is 0. The van der Waals surface area contributed by atoms with Crippen LogP contribution >= 0.6 is 0 Å². The van der Waals surface area contributed by atoms with Crippen LogP contribution in [-0.2, 0) is 22.4 Å². The predicted octanol–water partition coefficient (Wildman–Crippen LogP) is 4.53. The maximum Gasteiger partial charge on any atom is 0.269 e. The van der Waals surface area contributed by atoms with Crippen molar-refractivity contribution in [1.82, 2.24) is 17.6 Å². The van der Waals surface area contributed by atoms with Crippen molar-refractivity contribution >= 4 is 58.2 Å². The molecule has 1 atom stereocenters. The number of nitro benzene ring substituents is 1. The summed E-state index contributed by atoms with van der Waals surface area (Å²) in [5.74, 6) is -6.11. The molecule has 4 amide bonds. The van der Waals surface area contributed by atoms with Crippen LogP contribution in [0.25, 0.3) is 0 Å². The van der Waals surface area contributed by atoms with Crippen molar-refractivity contribution < 1.29 is 53.4 Å². The second kappa shape index (κ2) is 22.5. The number of carboxylic acid groups (broad SMARTS) is 1. The van der Waals surface area contributed by atoms with Crippen molar-refractivity contribution in [3.8, 4) is 11.5 Å². The number of carboxylic acids is 1. The number of aromatic carboxylic acids is 1. The van der Waals surface area contributed by atoms with Crippen molar-refractivity contribution in [3.05, 3.63) is 158 Å². The standard InChI is InChI=1S/C45H41N5O12.2H3N/c1-25(2)24-62-41-31(13-20-35(40(41)54)44(57)48-33-16-9-30(10-17-33)45(58)59)22-37(51)27-5-3-26(4-6-27)21-38(52)36(23-39(46)53)49-43(56)28-7-14-32(15-8-28)47-42(55)29-11-18-34(19-12-29)50(60)61;;/h3-20,25,36,54H,21-24H2,1-2H3,(H2,46,53)(H,47,55)(H,48,57)(H,49,56)(H,58,59);2*1H3/t36-;;/m0../s1. The average Bonchev–Trinajstić information content (AvgIpc) is 3.23. The van der Waals surface area contributed by atoms with E-state index in [9.17, 15) is 53.9 Å². The van der Waals surface area contributed by atoms with Crippen LogP contribution in [-0.4, -0.2) is 58.7 Å². The van der Waals surface area contributed by atoms with Gasteiger partial charge in [-0.25, -0.2) is 0 Å². The number of quaternary nitrogens is 2. The number of nitrogens with two attached hydrogens (primary N) is 1. The van der Waals surface area contributed by atoms with E-state index in [2.05, 4.69) is 16.0 Å². The molecular formula is C45H47N7O12. The fraction of sp³-hybridized carbons (Fsp3) is 0.178. The molecule has 19 nitrogen and oxygen atoms in total. The van der Waals surface area contributed by atoms with Gasteiger partial charge in [0.2, 0.25) is 5.91 Å². The second-order valence-corrected chi connectivity index (χ2v) is 14.4. The summed E-state index contributed by atoms with van der Waals surface area (Å²) in [6.45, 7) is 3.83. The molecule has 0 radical (unpaired) electrons. The molecule has 0 fully saturated rings. The number of ether oxygens (including phenoxy) is 1. The number of nitrogens with zero attached hydrogens (tertiary/aromatic N) is 1. The summed E-state index contributed by atoms with van der Waals surface area (Å²) in [6, 6.07) is 23.2. The third-order valence-electron chi connectivity index (χ3n) is 9.23. The van der Waals surface area contributed by atoms with Crippen LogP contribution in [0, 0.1) is 16.0 Å². The van der Waals surface area contributed by atoms with Crippen LogP contribution < -0.4 is 48.9 Å². The maximum atomic E-state index is 13.5. The molecule has 5 rings (SSSR count). The highest BCUT2D eigenvalue weighted by atomic mass is 16.6. The smallest absolute Gasteiger partial charge is 0.269 e. The Kier molecular flexibility index (Phi) is 17.6. The molecule has 0 heterocycles. The van der Waals surface area contributed by atoms with Gasteiger partial charge in [0, 0.05) is 64.2 Å². The highest BCUT2D eigenvalue weighted by Gasteiger charge is 2.24. The van der Waals surface area contributed by atoms with Gasteiger partial charge in [-0.15, -0.1) is 0 Å². The number of hydrogen-bond acceptors (Lipinski definition) is 12. The lowest BCUT2D eigenvalue weighted by Crippen LogP contribution is -2.44. The topological polar surface area (TPSA) is 353 Å². The van der Waals surface area contributed by atoms with E-state index in [0.717, 1.165) is 0 Å². The Morgan fingerprint density at radius 3 is 1.72 bits per heavy atom. The number of carbonyl (C=O) groups excluding carboxylic acids is 7. The van der Waals surface area contributed by atoms with Crippen LogP contribution in [0.15, 0.2) is 109 Å². The number of primary amides is 1. The Balaban J connectivity index is 0.00000544. The SMILES string of the molecule is CC(C)COc1c(CC(=O)c2ccc(CC(=O)[C@H](CC(N)=O)NC(=O)c3ccc(NC(=O)c4ccc([N+](=O)[O-])cc4)cc3)cc2)ccc(C(=O)Nc2ccc(C(=O)[O-])cc2)c1[O-].[NH4+].[NH4+]. The average molecular weight is 878 g/mol. The number of nitrogens with one attached hydrogen (secondary N) is 3. The number of Topliss-reactive ketones (excluding diaryl/α,β-unsaturated/α-hetero) is 2. The molecular weight excluding hydrogens is 831 g/mol. The molecule has 5 aromatic rings. The number of amides is 4. The first kappa shape index (κ1) is 50.1. The highest BCUT2D eigenvalue weighted by Crippen LogP contribution is 2.34. The zero-order valence-electron chi connectivity index (χ0n) is 35.3. The van der Waals surface area contributed by atoms with Crippen LogP contribution in [0.2, 0.25) is 0 Å². The molecule has 19 heteroatoms. The van der Waals surface area contributed by atoms with Crippen molar-refractivity contribution in [2.45, 2.75) is 39.2 Å². The molecule has 0 unspecified atom stereocenters. The van der Waals surface area contributed by atoms with Crippen LogP contribution in [0.3, 0.4) is 0 Å². The lowest BCUT2D eigenvalue weighted by Gasteiger charge is -2.23. The fourth-order valence-electron chi connectivity index (χ4n) is 5.96. The van der Waals surface area contributed by atoms with Gasteiger partial charge < -0.3 is 53.7 Å². The quantitative estimate of drug-likeness (QED) is 0.0378. The first-order chi connectivity index (χ1) is 29.5. The largest absolute Gasteiger partial charge is 0.869 e. The van der Waals surface area contributed by atoms with Gasteiger partial charge in [0.1, 0.15) is 5.75 Å². The maximum absolute atomic E-state index is 13.5. The highest BCUT2D eigenvalue weighted by molar-refractivity contribution is 6.07. The number of hydrogen-bond donors (Lipinski definition) is 6. The van der Waals surface area contributed by atoms with E-state index in [4.69, 9.17) is 10.5 Å². The number of non-ortho nitro benzene ring substituents is 1. The number of nitro groups is 1. The van der Waals surface area contributed by atoms with Crippen molar-refractivity contribution in [1.29, 1.82) is 0 Å². The molecule has 0 saturated heterocycles. The minimum absolute atomic E-state index is 0. The lowest BCUT2D eigenvalue weighted by molar-refractivity contribution is -0.384. The number of benzene rings is 5. The third kappa shape index (κ3) is 13.4. The molecule has 13 N–H and O–H groups in total. The van der Waals surface area contributed by atoms with E-state index in [0.29, 0.717) is 11.3 Å². The summed E-state index contributed by atoms with van der Waals surface area (Å²) in [5.41, 5.74) is 6.61. The van der Waals surface area contributed by atoms with E-state index in [1.165, 1.54) is 109 Å². The minimum atomic E-state index is -1.39. The molecule has 0 aliphatic carbocycles. The molecule has 0 aliphatic heterocycles. The molecule has 0 aromatic heterocycles. The van der Waals surface area contributed by atoms with Gasteiger partial charge in [-0.3, -0.25) is 38.9 Å². The monoisotopic (exact) mass is 877 g/mol. The van der Waals surface area contributed by atoms with Gasteiger partial charge >= 0.3 is 0 Å². The first-order valence-electron chi connectivity index (χ1n) is 19.0. The number of rotatable bonds is 19. The lowest BCUT2D eigenvalue weighted by atomic mass is 9.97. The Morgan fingerprint density at radius 1 is 0.672 bits per heavy atom. The van der Waals surface area contributed by atoms with Gasteiger partial charge in [-0.05, 0) is 71.6 Å². The van der Waals surface area contributed by atoms with Crippen molar-refractivity contribution in [2.24, 2.45) is 11.7 Å². The zero-order valence-corrected chi connectivity index (χ0v) is 35.3. The second-order valence-electron chi connectivity index (χ2n) is 14.4. The molecule has 5 aromatic carbocycles. The van der Waals surface area contributed by atoms with Crippen LogP contribution in [0.5, 0.6) is 11.5 Å². The summed E-state index contributed by atoms with van der Waals surface area (Å²) in [6.07, 6.45) is -1.00. The normalized spacial score (nSPS) is 10.9. The Bertz CT molecular complexity index is 2530. The van der Waals surface area contributed by atoms with Crippen LogP contribution in [0.4, 0.5) is 17.1 Å². The van der Waals surface area contributed by atoms with Crippen molar-refractivity contribution in [3.63, 3.8) is 0 Å². The minimum Gasteiger partial charge on any atom is -0.869 e. The Labute approximate surface area is 366 Å². The molecule has 0 spiro atoms. The van der Waals surface area contributed by atoms with E-state index < -0.39 is 64.3 Å². The third-order valence-corrected chi connectivity index (χ3v) is 9.23. The molecule has 0 bridgehead atoms. The molecule has 64 heavy (non-hydrogen) atoms. The van der Waals surface area contributed by atoms with Gasteiger partial charge in [0.05, 0.1) is 30.0 Å². The first-order valence-corrected chi connectivity index (χ1v) is 19.0. The summed E-state index contributed by atoms with van der Waals surface area (Å²) in [5, 5.41) is 43.1. The van der Waals surface area contributed by atoms with Crippen molar-refractivity contribution in [2.75, 3.05) is 17.2 Å². The van der Waals surface area contributed by atoms with Gasteiger partial charge in [0.15, 0.2) is 11.6 Å². The summed E-state index contributed by atoms with van der Waals surface area (Å²) in [7, 11) is 0. The van der Waals surface area contributed by atoms with E-state index in [1.54, 1.807) is 0 Å². The molecule has 334 valence electrons. The molecule has 0 aliphatic rings. The predicted molar refractivity (Wildman–Crippen MR) is 233 cm³/mol. The summed E-state index contributed by atoms with van der Waals surface area (Å²) in [4.78, 5) is 98.8. The Hall–Kier alpha value is -8.29. The van der Waals surface area contributed by atoms with Gasteiger partial charge in [-0.1, -0.05) is 62.1 Å². The number of carbonyl (C=O) groups is 7. The number of anilines is 2. The van der Waals surface area contributed by atoms with Gasteiger partial charge in [0.25, 0.3) is 23.4 Å². The zero-order chi connectivity index (χ0) is 45.1. The van der Waals surface area contributed by atoms with Crippen LogP contribution in [0.1, 0.15) is 83.2 Å². The number of ketones is 2. The Morgan fingerprint density at radius 2 is 1.19 bits per heavy atom. The van der Waals surface area contributed by atoms with E-state index >= 15 is 0 Å². The van der Waals surface area contributed by atoms with Gasteiger partial charge in [-0.2, -0.15) is 0 Å². The molecule has 0 saturated carbocycles. The summed E-state index contributed by atoms with van der Waals surface area (Å²) < 4.78 is 5.81.